The Morgan fingerprint density at radius 3 is 2.50 bits per heavy atom. The molecule has 1 aliphatic heterocycles. The Morgan fingerprint density at radius 1 is 1.35 bits per heavy atom. The second kappa shape index (κ2) is 4.93. The molecule has 4 heteroatoms. The minimum atomic E-state index is -0.958. The van der Waals surface area contributed by atoms with Gasteiger partial charge in [-0.25, -0.2) is 4.79 Å². The molecule has 20 heavy (non-hydrogen) atoms. The molecule has 1 aliphatic rings. The van der Waals surface area contributed by atoms with Gasteiger partial charge >= 0.3 is 6.09 Å². The molecule has 1 heterocycles. The van der Waals surface area contributed by atoms with Gasteiger partial charge in [-0.3, -0.25) is 9.69 Å². The van der Waals surface area contributed by atoms with Gasteiger partial charge < -0.3 is 5.11 Å². The molecule has 0 aromatic heterocycles. The van der Waals surface area contributed by atoms with Crippen molar-refractivity contribution in [1.29, 1.82) is 0 Å². The summed E-state index contributed by atoms with van der Waals surface area (Å²) in [6.45, 7) is 8.26. The highest BCUT2D eigenvalue weighted by Gasteiger charge is 2.34. The van der Waals surface area contributed by atoms with Crippen LogP contribution in [0.5, 0.6) is 0 Å². The average molecular weight is 275 g/mol. The standard InChI is InChI=1S/C16H21NO3/c1-5-11-8-13-14(9-12(11)10(2)18)17(15(19)20)7-6-16(13,3)4/h8-9H,5-7H2,1-4H3,(H,19,20). The van der Waals surface area contributed by atoms with E-state index in [9.17, 15) is 14.7 Å². The number of ketones is 1. The zero-order valence-electron chi connectivity index (χ0n) is 12.5. The van der Waals surface area contributed by atoms with Crippen molar-refractivity contribution in [3.63, 3.8) is 0 Å². The summed E-state index contributed by atoms with van der Waals surface area (Å²) in [5.74, 6) is -0.0154. The summed E-state index contributed by atoms with van der Waals surface area (Å²) in [4.78, 5) is 24.5. The molecule has 0 atom stereocenters. The van der Waals surface area contributed by atoms with E-state index in [1.54, 1.807) is 6.07 Å². The first-order chi connectivity index (χ1) is 9.27. The number of amides is 1. The number of rotatable bonds is 2. The van der Waals surface area contributed by atoms with Gasteiger partial charge in [-0.1, -0.05) is 26.8 Å². The molecular formula is C16H21NO3. The van der Waals surface area contributed by atoms with Crippen molar-refractivity contribution in [3.05, 3.63) is 28.8 Å². The second-order valence-corrected chi connectivity index (χ2v) is 6.00. The summed E-state index contributed by atoms with van der Waals surface area (Å²) in [5, 5.41) is 9.35. The van der Waals surface area contributed by atoms with Crippen molar-refractivity contribution < 1.29 is 14.7 Å². The van der Waals surface area contributed by atoms with Crippen molar-refractivity contribution in [2.24, 2.45) is 0 Å². The number of carbonyl (C=O) groups is 2. The molecule has 1 aromatic rings. The van der Waals surface area contributed by atoms with Gasteiger partial charge in [0.05, 0.1) is 5.69 Å². The van der Waals surface area contributed by atoms with Crippen LogP contribution in [0.15, 0.2) is 12.1 Å². The summed E-state index contributed by atoms with van der Waals surface area (Å²) < 4.78 is 0. The minimum Gasteiger partial charge on any atom is -0.465 e. The fourth-order valence-corrected chi connectivity index (χ4v) is 2.86. The van der Waals surface area contributed by atoms with Gasteiger partial charge in [-0.2, -0.15) is 0 Å². The zero-order valence-corrected chi connectivity index (χ0v) is 12.5. The molecule has 4 nitrogen and oxygen atoms in total. The molecule has 0 saturated carbocycles. The van der Waals surface area contributed by atoms with Gasteiger partial charge in [0, 0.05) is 12.1 Å². The molecule has 0 bridgehead atoms. The third-order valence-corrected chi connectivity index (χ3v) is 4.19. The Balaban J connectivity index is 2.71. The van der Waals surface area contributed by atoms with Crippen molar-refractivity contribution in [2.75, 3.05) is 11.4 Å². The van der Waals surface area contributed by atoms with Crippen LogP contribution in [0.3, 0.4) is 0 Å². The fourth-order valence-electron chi connectivity index (χ4n) is 2.86. The predicted octanol–water partition coefficient (Wildman–Crippen LogP) is 3.62. The number of hydrogen-bond donors (Lipinski definition) is 1. The Labute approximate surface area is 119 Å². The third kappa shape index (κ3) is 2.30. The molecule has 108 valence electrons. The summed E-state index contributed by atoms with van der Waals surface area (Å²) in [6, 6.07) is 3.77. The Hall–Kier alpha value is -1.84. The topological polar surface area (TPSA) is 57.6 Å². The number of Topliss-reactive ketones (excluding diaryl/α,β-unsaturated/α-hetero) is 1. The van der Waals surface area contributed by atoms with E-state index in [4.69, 9.17) is 0 Å². The number of hydrogen-bond acceptors (Lipinski definition) is 2. The summed E-state index contributed by atoms with van der Waals surface area (Å²) in [7, 11) is 0. The Bertz CT molecular complexity index is 575. The molecule has 0 aliphatic carbocycles. The molecule has 0 unspecified atom stereocenters. The number of carbonyl (C=O) groups excluding carboxylic acids is 1. The van der Waals surface area contributed by atoms with Crippen LogP contribution in [0.1, 0.15) is 55.6 Å². The van der Waals surface area contributed by atoms with Gasteiger partial charge in [-0.15, -0.1) is 0 Å². The molecule has 1 N–H and O–H groups in total. The van der Waals surface area contributed by atoms with Gasteiger partial charge in [-0.05, 0) is 42.4 Å². The van der Waals surface area contributed by atoms with Crippen LogP contribution < -0.4 is 4.90 Å². The van der Waals surface area contributed by atoms with E-state index in [2.05, 4.69) is 13.8 Å². The SMILES string of the molecule is CCc1cc2c(cc1C(C)=O)N(C(=O)O)CCC2(C)C. The lowest BCUT2D eigenvalue weighted by molar-refractivity contribution is 0.101. The maximum Gasteiger partial charge on any atom is 0.411 e. The van der Waals surface area contributed by atoms with Crippen molar-refractivity contribution >= 4 is 17.6 Å². The maximum atomic E-state index is 11.8. The molecule has 1 amide bonds. The lowest BCUT2D eigenvalue weighted by Gasteiger charge is -2.38. The number of benzene rings is 1. The minimum absolute atomic E-state index is 0.0154. The average Bonchev–Trinajstić information content (AvgIpc) is 2.36. The molecule has 0 spiro atoms. The van der Waals surface area contributed by atoms with Gasteiger partial charge in [0.15, 0.2) is 5.78 Å². The van der Waals surface area contributed by atoms with Crippen molar-refractivity contribution in [2.45, 2.75) is 46.0 Å². The van der Waals surface area contributed by atoms with Crippen LogP contribution in [0, 0.1) is 0 Å². The lowest BCUT2D eigenvalue weighted by Crippen LogP contribution is -2.40. The number of fused-ring (bicyclic) bond motifs is 1. The largest absolute Gasteiger partial charge is 0.465 e. The first kappa shape index (κ1) is 14.6. The maximum absolute atomic E-state index is 11.8. The van der Waals surface area contributed by atoms with Crippen molar-refractivity contribution in [3.8, 4) is 0 Å². The molecular weight excluding hydrogens is 254 g/mol. The van der Waals surface area contributed by atoms with Crippen molar-refractivity contribution in [1.82, 2.24) is 0 Å². The summed E-state index contributed by atoms with van der Waals surface area (Å²) in [6.07, 6.45) is 0.598. The first-order valence-corrected chi connectivity index (χ1v) is 6.96. The molecule has 1 aromatic carbocycles. The number of aryl methyl sites for hydroxylation is 1. The quantitative estimate of drug-likeness (QED) is 0.839. The van der Waals surface area contributed by atoms with Gasteiger partial charge in [0.1, 0.15) is 0 Å². The van der Waals surface area contributed by atoms with E-state index >= 15 is 0 Å². The van der Waals surface area contributed by atoms with Crippen LogP contribution in [0.25, 0.3) is 0 Å². The predicted molar refractivity (Wildman–Crippen MR) is 78.8 cm³/mol. The van der Waals surface area contributed by atoms with Gasteiger partial charge in [0.25, 0.3) is 0 Å². The molecule has 0 fully saturated rings. The highest BCUT2D eigenvalue weighted by molar-refractivity contribution is 5.98. The van der Waals surface area contributed by atoms with Crippen LogP contribution in [-0.4, -0.2) is 23.5 Å². The van der Waals surface area contributed by atoms with E-state index in [1.807, 2.05) is 13.0 Å². The van der Waals surface area contributed by atoms with Crippen LogP contribution in [0.4, 0.5) is 10.5 Å². The highest BCUT2D eigenvalue weighted by atomic mass is 16.4. The van der Waals surface area contributed by atoms with Crippen LogP contribution in [-0.2, 0) is 11.8 Å². The molecule has 0 radical (unpaired) electrons. The van der Waals surface area contributed by atoms with Crippen LogP contribution >= 0.6 is 0 Å². The third-order valence-electron chi connectivity index (χ3n) is 4.19. The fraction of sp³-hybridized carbons (Fsp3) is 0.500. The monoisotopic (exact) mass is 275 g/mol. The molecule has 0 saturated heterocycles. The lowest BCUT2D eigenvalue weighted by atomic mass is 9.76. The summed E-state index contributed by atoms with van der Waals surface area (Å²) in [5.41, 5.74) is 3.25. The Kier molecular flexibility index (Phi) is 3.59. The highest BCUT2D eigenvalue weighted by Crippen LogP contribution is 2.41. The normalized spacial score (nSPS) is 16.7. The summed E-state index contributed by atoms with van der Waals surface area (Å²) >= 11 is 0. The Morgan fingerprint density at radius 2 is 2.00 bits per heavy atom. The number of carboxylic acid groups (broad SMARTS) is 1. The zero-order chi connectivity index (χ0) is 15.1. The smallest absolute Gasteiger partial charge is 0.411 e. The van der Waals surface area contributed by atoms with E-state index in [0.717, 1.165) is 24.0 Å². The number of nitrogens with zero attached hydrogens (tertiary/aromatic N) is 1. The van der Waals surface area contributed by atoms with E-state index in [0.29, 0.717) is 17.8 Å². The van der Waals surface area contributed by atoms with E-state index in [1.165, 1.54) is 11.8 Å². The second-order valence-electron chi connectivity index (χ2n) is 6.00. The van der Waals surface area contributed by atoms with E-state index in [-0.39, 0.29) is 11.2 Å². The number of anilines is 1. The van der Waals surface area contributed by atoms with Crippen LogP contribution in [0.2, 0.25) is 0 Å². The van der Waals surface area contributed by atoms with Gasteiger partial charge in [0.2, 0.25) is 0 Å². The first-order valence-electron chi connectivity index (χ1n) is 6.96. The molecule has 2 rings (SSSR count). The van der Waals surface area contributed by atoms with E-state index < -0.39 is 6.09 Å².